The van der Waals surface area contributed by atoms with E-state index in [9.17, 15) is 9.59 Å². The first-order chi connectivity index (χ1) is 13.0. The quantitative estimate of drug-likeness (QED) is 0.827. The molecule has 1 N–H and O–H groups in total. The van der Waals surface area contributed by atoms with Crippen molar-refractivity contribution in [2.75, 3.05) is 51.1 Å². The van der Waals surface area contributed by atoms with Crippen LogP contribution in [0, 0.1) is 5.92 Å². The number of anilines is 1. The first-order valence-electron chi connectivity index (χ1n) is 9.50. The molecule has 6 nitrogen and oxygen atoms in total. The van der Waals surface area contributed by atoms with Crippen LogP contribution < -0.4 is 5.32 Å². The van der Waals surface area contributed by atoms with Crippen LogP contribution in [0.5, 0.6) is 0 Å². The molecule has 2 saturated heterocycles. The van der Waals surface area contributed by atoms with Gasteiger partial charge < -0.3 is 20.0 Å². The molecule has 0 radical (unpaired) electrons. The molecule has 2 heterocycles. The van der Waals surface area contributed by atoms with Crippen molar-refractivity contribution in [2.24, 2.45) is 5.92 Å². The third kappa shape index (κ3) is 5.06. The zero-order valence-electron chi connectivity index (χ0n) is 15.6. The van der Waals surface area contributed by atoms with Gasteiger partial charge in [0.2, 0.25) is 5.91 Å². The van der Waals surface area contributed by atoms with Crippen molar-refractivity contribution >= 4 is 40.8 Å². The van der Waals surface area contributed by atoms with E-state index < -0.39 is 0 Å². The van der Waals surface area contributed by atoms with E-state index in [2.05, 4.69) is 17.1 Å². The highest BCUT2D eigenvalue weighted by Crippen LogP contribution is 2.25. The Kier molecular flexibility index (Phi) is 6.84. The first-order valence-corrected chi connectivity index (χ1v) is 10.3. The molecule has 148 valence electrons. The van der Waals surface area contributed by atoms with Crippen molar-refractivity contribution in [3.63, 3.8) is 0 Å². The number of halogens is 2. The van der Waals surface area contributed by atoms with E-state index in [0.717, 1.165) is 32.5 Å². The third-order valence-electron chi connectivity index (χ3n) is 5.35. The lowest BCUT2D eigenvalue weighted by molar-refractivity contribution is -0.138. The second-order valence-corrected chi connectivity index (χ2v) is 7.92. The number of hydrogen-bond acceptors (Lipinski definition) is 3. The summed E-state index contributed by atoms with van der Waals surface area (Å²) < 4.78 is 0. The van der Waals surface area contributed by atoms with E-state index in [-0.39, 0.29) is 17.9 Å². The van der Waals surface area contributed by atoms with Gasteiger partial charge in [0, 0.05) is 38.4 Å². The Bertz CT molecular complexity index is 692. The van der Waals surface area contributed by atoms with Crippen LogP contribution >= 0.6 is 23.2 Å². The number of hydrogen-bond donors (Lipinski definition) is 1. The molecule has 2 fully saturated rings. The van der Waals surface area contributed by atoms with E-state index in [1.54, 1.807) is 23.1 Å². The maximum absolute atomic E-state index is 12.8. The van der Waals surface area contributed by atoms with Gasteiger partial charge in [0.25, 0.3) is 0 Å². The van der Waals surface area contributed by atoms with Crippen LogP contribution in [0.15, 0.2) is 18.2 Å². The lowest BCUT2D eigenvalue weighted by atomic mass is 9.96. The summed E-state index contributed by atoms with van der Waals surface area (Å²) >= 11 is 11.9. The summed E-state index contributed by atoms with van der Waals surface area (Å²) in [4.78, 5) is 31.2. The van der Waals surface area contributed by atoms with Crippen molar-refractivity contribution in [3.8, 4) is 0 Å². The van der Waals surface area contributed by atoms with Gasteiger partial charge in [-0.3, -0.25) is 4.79 Å². The number of amides is 3. The van der Waals surface area contributed by atoms with Gasteiger partial charge in [-0.15, -0.1) is 0 Å². The van der Waals surface area contributed by atoms with Crippen molar-refractivity contribution in [3.05, 3.63) is 28.2 Å². The summed E-state index contributed by atoms with van der Waals surface area (Å²) in [6, 6.07) is 4.81. The molecule has 0 aliphatic carbocycles. The number of benzene rings is 1. The van der Waals surface area contributed by atoms with Crippen LogP contribution in [-0.4, -0.2) is 72.5 Å². The van der Waals surface area contributed by atoms with Gasteiger partial charge in [-0.2, -0.15) is 0 Å². The predicted octanol–water partition coefficient (Wildman–Crippen LogP) is 3.40. The molecule has 0 spiro atoms. The normalized spacial score (nSPS) is 21.2. The predicted molar refractivity (Wildman–Crippen MR) is 108 cm³/mol. The van der Waals surface area contributed by atoms with Crippen LogP contribution in [0.2, 0.25) is 10.0 Å². The monoisotopic (exact) mass is 412 g/mol. The highest BCUT2D eigenvalue weighted by atomic mass is 35.5. The third-order valence-corrected chi connectivity index (χ3v) is 6.09. The number of carbonyl (C=O) groups is 2. The Morgan fingerprint density at radius 3 is 2.44 bits per heavy atom. The molecule has 2 aliphatic rings. The van der Waals surface area contributed by atoms with Crippen LogP contribution in [0.4, 0.5) is 10.5 Å². The molecule has 27 heavy (non-hydrogen) atoms. The fourth-order valence-corrected chi connectivity index (χ4v) is 4.01. The molecular formula is C19H26Cl2N4O2. The summed E-state index contributed by atoms with van der Waals surface area (Å²) in [5.74, 6) is 0.327. The van der Waals surface area contributed by atoms with Crippen LogP contribution in [0.25, 0.3) is 0 Å². The van der Waals surface area contributed by atoms with E-state index in [1.807, 2.05) is 4.90 Å². The number of piperazine rings is 1. The van der Waals surface area contributed by atoms with Gasteiger partial charge >= 0.3 is 6.03 Å². The summed E-state index contributed by atoms with van der Waals surface area (Å²) in [6.45, 7) is 7.29. The Morgan fingerprint density at radius 1 is 1.07 bits per heavy atom. The summed E-state index contributed by atoms with van der Waals surface area (Å²) in [5.41, 5.74) is 0.606. The zero-order chi connectivity index (χ0) is 19.4. The SMILES string of the molecule is CCN1CCC[C@@H](C(=O)N2CCN(C(=O)Nc3ccc(Cl)c(Cl)c3)CC2)C1. The molecule has 2 aliphatic heterocycles. The highest BCUT2D eigenvalue weighted by Gasteiger charge is 2.31. The molecule has 3 amide bonds. The van der Waals surface area contributed by atoms with Crippen molar-refractivity contribution in [1.82, 2.24) is 14.7 Å². The second-order valence-electron chi connectivity index (χ2n) is 7.10. The Labute approximate surface area is 170 Å². The fraction of sp³-hybridized carbons (Fsp3) is 0.579. The molecule has 1 aromatic carbocycles. The van der Waals surface area contributed by atoms with Crippen molar-refractivity contribution in [1.29, 1.82) is 0 Å². The largest absolute Gasteiger partial charge is 0.339 e. The molecule has 0 aromatic heterocycles. The van der Waals surface area contributed by atoms with Crippen molar-refractivity contribution in [2.45, 2.75) is 19.8 Å². The van der Waals surface area contributed by atoms with Gasteiger partial charge in [-0.25, -0.2) is 4.79 Å². The number of rotatable bonds is 3. The molecule has 8 heteroatoms. The lowest BCUT2D eigenvalue weighted by Gasteiger charge is -2.38. The molecule has 1 aromatic rings. The van der Waals surface area contributed by atoms with Gasteiger partial charge in [-0.05, 0) is 44.1 Å². The average molecular weight is 413 g/mol. The minimum absolute atomic E-state index is 0.0929. The minimum atomic E-state index is -0.185. The molecular weight excluding hydrogens is 387 g/mol. The Morgan fingerprint density at radius 2 is 1.78 bits per heavy atom. The number of carbonyl (C=O) groups excluding carboxylic acids is 2. The molecule has 0 unspecified atom stereocenters. The van der Waals surface area contributed by atoms with Crippen LogP contribution in [-0.2, 0) is 4.79 Å². The maximum Gasteiger partial charge on any atom is 0.321 e. The van der Waals surface area contributed by atoms with E-state index >= 15 is 0 Å². The first kappa shape index (κ1) is 20.2. The van der Waals surface area contributed by atoms with Gasteiger partial charge in [0.15, 0.2) is 0 Å². The molecule has 1 atom stereocenters. The highest BCUT2D eigenvalue weighted by molar-refractivity contribution is 6.42. The van der Waals surface area contributed by atoms with E-state index in [1.165, 1.54) is 0 Å². The minimum Gasteiger partial charge on any atom is -0.339 e. The Balaban J connectivity index is 1.49. The lowest BCUT2D eigenvalue weighted by Crippen LogP contribution is -2.54. The number of piperidine rings is 1. The second kappa shape index (κ2) is 9.13. The van der Waals surface area contributed by atoms with Crippen molar-refractivity contribution < 1.29 is 9.59 Å². The smallest absolute Gasteiger partial charge is 0.321 e. The topological polar surface area (TPSA) is 55.9 Å². The number of likely N-dealkylation sites (tertiary alicyclic amines) is 1. The molecule has 0 saturated carbocycles. The van der Waals surface area contributed by atoms with Gasteiger partial charge in [-0.1, -0.05) is 30.1 Å². The number of nitrogens with zero attached hydrogens (tertiary/aromatic N) is 3. The number of nitrogens with one attached hydrogen (secondary N) is 1. The summed E-state index contributed by atoms with van der Waals surface area (Å²) in [7, 11) is 0. The number of urea groups is 1. The van der Waals surface area contributed by atoms with E-state index in [4.69, 9.17) is 23.2 Å². The standard InChI is InChI=1S/C19H26Cl2N4O2/c1-2-23-7-3-4-14(13-23)18(26)24-8-10-25(11-9-24)19(27)22-15-5-6-16(20)17(21)12-15/h5-6,12,14H,2-4,7-11,13H2,1H3,(H,22,27)/t14-/m1/s1. The molecule has 3 rings (SSSR count). The van der Waals surface area contributed by atoms with Gasteiger partial charge in [0.05, 0.1) is 16.0 Å². The fourth-order valence-electron chi connectivity index (χ4n) is 3.71. The summed E-state index contributed by atoms with van der Waals surface area (Å²) in [5, 5.41) is 3.69. The van der Waals surface area contributed by atoms with Gasteiger partial charge in [0.1, 0.15) is 0 Å². The molecule has 0 bridgehead atoms. The van der Waals surface area contributed by atoms with E-state index in [0.29, 0.717) is 41.9 Å². The summed E-state index contributed by atoms with van der Waals surface area (Å²) in [6.07, 6.45) is 2.05. The Hall–Kier alpha value is -1.50. The average Bonchev–Trinajstić information content (AvgIpc) is 2.70. The van der Waals surface area contributed by atoms with Crippen LogP contribution in [0.1, 0.15) is 19.8 Å². The maximum atomic E-state index is 12.8. The zero-order valence-corrected chi connectivity index (χ0v) is 17.1. The van der Waals surface area contributed by atoms with Crippen LogP contribution in [0.3, 0.4) is 0 Å².